The highest BCUT2D eigenvalue weighted by atomic mass is 19.4. The molecular formula is C15H14F3NO. The van der Waals surface area contributed by atoms with Crippen molar-refractivity contribution in [1.82, 2.24) is 0 Å². The first-order valence-electron chi connectivity index (χ1n) is 6.14. The Morgan fingerprint density at radius 3 is 2.35 bits per heavy atom. The largest absolute Gasteiger partial charge is 0.455 e. The standard InChI is InChI=1S/C15H14F3NO/c1-2-10-5-3-4-6-13(10)20-14-8-7-11(9-12(14)19)15(16,17)18/h3-9H,2,19H2,1H3. The summed E-state index contributed by atoms with van der Waals surface area (Å²) >= 11 is 0. The number of ether oxygens (including phenoxy) is 1. The van der Waals surface area contributed by atoms with E-state index in [9.17, 15) is 13.2 Å². The molecule has 0 heterocycles. The maximum Gasteiger partial charge on any atom is 0.416 e. The first kappa shape index (κ1) is 14.2. The van der Waals surface area contributed by atoms with Gasteiger partial charge in [-0.25, -0.2) is 0 Å². The Balaban J connectivity index is 2.31. The maximum atomic E-state index is 12.5. The van der Waals surface area contributed by atoms with Crippen molar-refractivity contribution in [2.75, 3.05) is 5.73 Å². The lowest BCUT2D eigenvalue weighted by Crippen LogP contribution is -2.06. The van der Waals surface area contributed by atoms with Crippen molar-refractivity contribution >= 4 is 5.69 Å². The molecule has 106 valence electrons. The van der Waals surface area contributed by atoms with Gasteiger partial charge in [0.1, 0.15) is 11.5 Å². The molecule has 5 heteroatoms. The number of alkyl halides is 3. The van der Waals surface area contributed by atoms with Crippen molar-refractivity contribution in [2.24, 2.45) is 0 Å². The summed E-state index contributed by atoms with van der Waals surface area (Å²) in [4.78, 5) is 0. The molecule has 2 nitrogen and oxygen atoms in total. The fourth-order valence-corrected chi connectivity index (χ4v) is 1.83. The fraction of sp³-hybridized carbons (Fsp3) is 0.200. The highest BCUT2D eigenvalue weighted by molar-refractivity contribution is 5.56. The summed E-state index contributed by atoms with van der Waals surface area (Å²) in [5.41, 5.74) is 5.77. The average molecular weight is 281 g/mol. The second-order valence-corrected chi connectivity index (χ2v) is 4.31. The van der Waals surface area contributed by atoms with E-state index >= 15 is 0 Å². The normalized spacial score (nSPS) is 11.4. The minimum absolute atomic E-state index is 0.0364. The quantitative estimate of drug-likeness (QED) is 0.832. The van der Waals surface area contributed by atoms with Gasteiger partial charge in [0.15, 0.2) is 0 Å². The Bertz CT molecular complexity index is 608. The highest BCUT2D eigenvalue weighted by Crippen LogP contribution is 2.36. The van der Waals surface area contributed by atoms with E-state index in [1.54, 1.807) is 12.1 Å². The predicted octanol–water partition coefficient (Wildman–Crippen LogP) is 4.64. The van der Waals surface area contributed by atoms with Crippen molar-refractivity contribution in [3.05, 3.63) is 53.6 Å². The first-order chi connectivity index (χ1) is 9.41. The lowest BCUT2D eigenvalue weighted by atomic mass is 10.1. The van der Waals surface area contributed by atoms with E-state index in [1.165, 1.54) is 6.07 Å². The number of hydrogen-bond donors (Lipinski definition) is 1. The minimum atomic E-state index is -4.41. The molecular weight excluding hydrogens is 267 g/mol. The van der Waals surface area contributed by atoms with Gasteiger partial charge in [-0.05, 0) is 36.2 Å². The molecule has 0 aliphatic carbocycles. The summed E-state index contributed by atoms with van der Waals surface area (Å²) in [6, 6.07) is 10.4. The number of para-hydroxylation sites is 1. The van der Waals surface area contributed by atoms with Crippen LogP contribution in [0.4, 0.5) is 18.9 Å². The molecule has 2 rings (SSSR count). The van der Waals surface area contributed by atoms with Crippen LogP contribution in [0.15, 0.2) is 42.5 Å². The van der Waals surface area contributed by atoms with Gasteiger partial charge in [-0.1, -0.05) is 25.1 Å². The van der Waals surface area contributed by atoms with E-state index in [1.807, 2.05) is 19.1 Å². The molecule has 0 fully saturated rings. The van der Waals surface area contributed by atoms with E-state index in [2.05, 4.69) is 0 Å². The van der Waals surface area contributed by atoms with Crippen LogP contribution in [0.5, 0.6) is 11.5 Å². The SMILES string of the molecule is CCc1ccccc1Oc1ccc(C(F)(F)F)cc1N. The number of hydrogen-bond acceptors (Lipinski definition) is 2. The molecule has 2 aromatic carbocycles. The molecule has 2 N–H and O–H groups in total. The number of anilines is 1. The molecule has 0 atom stereocenters. The number of benzene rings is 2. The van der Waals surface area contributed by atoms with Crippen LogP contribution < -0.4 is 10.5 Å². The van der Waals surface area contributed by atoms with Gasteiger partial charge in [0.2, 0.25) is 0 Å². The number of nitrogens with two attached hydrogens (primary N) is 1. The van der Waals surface area contributed by atoms with Gasteiger partial charge in [0, 0.05) is 0 Å². The number of nitrogen functional groups attached to an aromatic ring is 1. The van der Waals surface area contributed by atoms with E-state index in [0.29, 0.717) is 5.75 Å². The number of halogens is 3. The second kappa shape index (κ2) is 5.45. The first-order valence-corrected chi connectivity index (χ1v) is 6.14. The van der Waals surface area contributed by atoms with Crippen LogP contribution >= 0.6 is 0 Å². The molecule has 0 saturated heterocycles. The van der Waals surface area contributed by atoms with Gasteiger partial charge >= 0.3 is 6.18 Å². The lowest BCUT2D eigenvalue weighted by molar-refractivity contribution is -0.137. The van der Waals surface area contributed by atoms with E-state index < -0.39 is 11.7 Å². The van der Waals surface area contributed by atoms with Gasteiger partial charge in [-0.3, -0.25) is 0 Å². The topological polar surface area (TPSA) is 35.2 Å². The Morgan fingerprint density at radius 1 is 1.05 bits per heavy atom. The summed E-state index contributed by atoms with van der Waals surface area (Å²) in [6.07, 6.45) is -3.65. The summed E-state index contributed by atoms with van der Waals surface area (Å²) < 4.78 is 43.3. The molecule has 0 saturated carbocycles. The third-order valence-electron chi connectivity index (χ3n) is 2.91. The van der Waals surface area contributed by atoms with Gasteiger partial charge in [0.25, 0.3) is 0 Å². The summed E-state index contributed by atoms with van der Waals surface area (Å²) in [7, 11) is 0. The van der Waals surface area contributed by atoms with E-state index in [-0.39, 0.29) is 11.4 Å². The zero-order valence-electron chi connectivity index (χ0n) is 10.9. The summed E-state index contributed by atoms with van der Waals surface area (Å²) in [6.45, 7) is 1.97. The van der Waals surface area contributed by atoms with E-state index in [0.717, 1.165) is 24.1 Å². The van der Waals surface area contributed by atoms with Crippen LogP contribution in [0.1, 0.15) is 18.1 Å². The highest BCUT2D eigenvalue weighted by Gasteiger charge is 2.31. The molecule has 0 unspecified atom stereocenters. The van der Waals surface area contributed by atoms with Crippen molar-refractivity contribution in [2.45, 2.75) is 19.5 Å². The van der Waals surface area contributed by atoms with Crippen LogP contribution in [0, 0.1) is 0 Å². The van der Waals surface area contributed by atoms with Crippen molar-refractivity contribution in [3.8, 4) is 11.5 Å². The Labute approximate surface area is 115 Å². The van der Waals surface area contributed by atoms with Gasteiger partial charge in [-0.15, -0.1) is 0 Å². The average Bonchev–Trinajstić information content (AvgIpc) is 2.40. The smallest absolute Gasteiger partial charge is 0.416 e. The molecule has 0 aliphatic heterocycles. The molecule has 0 bridgehead atoms. The molecule has 2 aromatic rings. The lowest BCUT2D eigenvalue weighted by Gasteiger charge is -2.13. The van der Waals surface area contributed by atoms with Crippen molar-refractivity contribution < 1.29 is 17.9 Å². The molecule has 0 aliphatic rings. The Morgan fingerprint density at radius 2 is 1.75 bits per heavy atom. The summed E-state index contributed by atoms with van der Waals surface area (Å²) in [5.74, 6) is 0.820. The number of aryl methyl sites for hydroxylation is 1. The number of rotatable bonds is 3. The van der Waals surface area contributed by atoms with Crippen LogP contribution in [0.2, 0.25) is 0 Å². The van der Waals surface area contributed by atoms with Crippen LogP contribution in [0.3, 0.4) is 0 Å². The Kier molecular flexibility index (Phi) is 3.88. The molecule has 20 heavy (non-hydrogen) atoms. The molecule has 0 radical (unpaired) electrons. The molecule has 0 aromatic heterocycles. The van der Waals surface area contributed by atoms with Crippen molar-refractivity contribution in [3.63, 3.8) is 0 Å². The van der Waals surface area contributed by atoms with Crippen LogP contribution in [-0.2, 0) is 12.6 Å². The maximum absolute atomic E-state index is 12.5. The zero-order valence-corrected chi connectivity index (χ0v) is 10.9. The van der Waals surface area contributed by atoms with E-state index in [4.69, 9.17) is 10.5 Å². The van der Waals surface area contributed by atoms with Gasteiger partial charge < -0.3 is 10.5 Å². The fourth-order valence-electron chi connectivity index (χ4n) is 1.83. The zero-order chi connectivity index (χ0) is 14.8. The van der Waals surface area contributed by atoms with Crippen LogP contribution in [0.25, 0.3) is 0 Å². The van der Waals surface area contributed by atoms with Gasteiger partial charge in [0.05, 0.1) is 11.3 Å². The van der Waals surface area contributed by atoms with Crippen LogP contribution in [-0.4, -0.2) is 0 Å². The Hall–Kier alpha value is -2.17. The predicted molar refractivity (Wildman–Crippen MR) is 71.8 cm³/mol. The monoisotopic (exact) mass is 281 g/mol. The minimum Gasteiger partial charge on any atom is -0.455 e. The third-order valence-corrected chi connectivity index (χ3v) is 2.91. The molecule has 0 amide bonds. The summed E-state index contributed by atoms with van der Waals surface area (Å²) in [5, 5.41) is 0. The van der Waals surface area contributed by atoms with Crippen molar-refractivity contribution in [1.29, 1.82) is 0 Å². The molecule has 0 spiro atoms. The third kappa shape index (κ3) is 3.04. The second-order valence-electron chi connectivity index (χ2n) is 4.31. The van der Waals surface area contributed by atoms with Gasteiger partial charge in [-0.2, -0.15) is 13.2 Å².